The van der Waals surface area contributed by atoms with E-state index in [1.54, 1.807) is 4.68 Å². The topological polar surface area (TPSA) is 116 Å². The molecule has 1 aromatic heterocycles. The molecule has 0 radical (unpaired) electrons. The van der Waals surface area contributed by atoms with Gasteiger partial charge in [0.25, 0.3) is 0 Å². The predicted molar refractivity (Wildman–Crippen MR) is 61.7 cm³/mol. The van der Waals surface area contributed by atoms with Crippen LogP contribution in [0, 0.1) is 0 Å². The summed E-state index contributed by atoms with van der Waals surface area (Å²) in [6.07, 6.45) is 2.31. The molecule has 0 aromatic carbocycles. The lowest BCUT2D eigenvalue weighted by Crippen LogP contribution is -2.43. The second kappa shape index (κ2) is 6.00. The molecule has 0 saturated heterocycles. The number of aromatic nitrogens is 2. The van der Waals surface area contributed by atoms with Crippen LogP contribution in [0.5, 0.6) is 0 Å². The molecular weight excluding hydrogens is 222 g/mol. The first-order valence-electron chi connectivity index (χ1n) is 5.29. The third-order valence-electron chi connectivity index (χ3n) is 2.21. The lowest BCUT2D eigenvalue weighted by atomic mass is 10.2. The van der Waals surface area contributed by atoms with Crippen molar-refractivity contribution in [3.05, 3.63) is 18.0 Å². The van der Waals surface area contributed by atoms with Gasteiger partial charge in [0.15, 0.2) is 0 Å². The highest BCUT2D eigenvalue weighted by molar-refractivity contribution is 5.87. The average molecular weight is 239 g/mol. The van der Waals surface area contributed by atoms with Crippen molar-refractivity contribution in [1.29, 1.82) is 0 Å². The monoisotopic (exact) mass is 239 g/mol. The van der Waals surface area contributed by atoms with Gasteiger partial charge in [-0.2, -0.15) is 5.10 Å². The summed E-state index contributed by atoms with van der Waals surface area (Å²) in [6.45, 7) is 0.433. The van der Waals surface area contributed by atoms with Crippen molar-refractivity contribution >= 4 is 11.8 Å². The Labute approximate surface area is 99.1 Å². The van der Waals surface area contributed by atoms with E-state index < -0.39 is 11.9 Å². The summed E-state index contributed by atoms with van der Waals surface area (Å²) >= 11 is 0. The summed E-state index contributed by atoms with van der Waals surface area (Å²) in [4.78, 5) is 22.0. The SMILES string of the molecule is Cn1ccc(CCNC(=O)C(N)CC(N)=O)n1. The molecule has 0 spiro atoms. The van der Waals surface area contributed by atoms with Gasteiger partial charge in [-0.3, -0.25) is 14.3 Å². The standard InChI is InChI=1S/C10H17N5O2/c1-15-5-3-7(14-15)2-4-13-10(17)8(11)6-9(12)16/h3,5,8H,2,4,6,11H2,1H3,(H2,12,16)(H,13,17). The van der Waals surface area contributed by atoms with Crippen molar-refractivity contribution in [2.75, 3.05) is 6.54 Å². The molecule has 0 fully saturated rings. The molecule has 0 aliphatic carbocycles. The van der Waals surface area contributed by atoms with E-state index in [1.165, 1.54) is 0 Å². The predicted octanol–water partition coefficient (Wildman–Crippen LogP) is -1.72. The van der Waals surface area contributed by atoms with Crippen LogP contribution in [0.1, 0.15) is 12.1 Å². The van der Waals surface area contributed by atoms with Gasteiger partial charge in [0.05, 0.1) is 18.2 Å². The van der Waals surface area contributed by atoms with Gasteiger partial charge in [0, 0.05) is 26.2 Å². The number of carbonyl (C=O) groups is 2. The largest absolute Gasteiger partial charge is 0.370 e. The van der Waals surface area contributed by atoms with Crippen LogP contribution in [0.15, 0.2) is 12.3 Å². The number of aryl methyl sites for hydroxylation is 1. The van der Waals surface area contributed by atoms with E-state index in [0.29, 0.717) is 13.0 Å². The maximum atomic E-state index is 11.4. The van der Waals surface area contributed by atoms with Crippen molar-refractivity contribution in [1.82, 2.24) is 15.1 Å². The molecule has 0 saturated carbocycles. The number of hydrogen-bond acceptors (Lipinski definition) is 4. The fourth-order valence-corrected chi connectivity index (χ4v) is 1.35. The van der Waals surface area contributed by atoms with E-state index in [2.05, 4.69) is 10.4 Å². The van der Waals surface area contributed by atoms with Crippen molar-refractivity contribution in [2.24, 2.45) is 18.5 Å². The number of amides is 2. The zero-order valence-corrected chi connectivity index (χ0v) is 9.72. The van der Waals surface area contributed by atoms with Crippen LogP contribution in [-0.4, -0.2) is 34.2 Å². The molecule has 1 rings (SSSR count). The maximum Gasteiger partial charge on any atom is 0.237 e. The first-order valence-corrected chi connectivity index (χ1v) is 5.29. The van der Waals surface area contributed by atoms with Gasteiger partial charge in [-0.15, -0.1) is 0 Å². The molecule has 1 aromatic rings. The fraction of sp³-hybridized carbons (Fsp3) is 0.500. The zero-order chi connectivity index (χ0) is 12.8. The van der Waals surface area contributed by atoms with E-state index in [9.17, 15) is 9.59 Å². The molecule has 7 nitrogen and oxygen atoms in total. The molecular formula is C10H17N5O2. The van der Waals surface area contributed by atoms with Gasteiger partial charge < -0.3 is 16.8 Å². The Morgan fingerprint density at radius 3 is 2.82 bits per heavy atom. The number of nitrogens with one attached hydrogen (secondary N) is 1. The number of nitrogens with zero attached hydrogens (tertiary/aromatic N) is 2. The summed E-state index contributed by atoms with van der Waals surface area (Å²) in [5, 5.41) is 6.79. The van der Waals surface area contributed by atoms with Gasteiger partial charge in [0.1, 0.15) is 0 Å². The fourth-order valence-electron chi connectivity index (χ4n) is 1.35. The Bertz CT molecular complexity index is 401. The smallest absolute Gasteiger partial charge is 0.237 e. The number of primary amides is 1. The minimum atomic E-state index is -0.878. The molecule has 1 unspecified atom stereocenters. The van der Waals surface area contributed by atoms with Crippen molar-refractivity contribution in [3.63, 3.8) is 0 Å². The first-order chi connectivity index (χ1) is 7.99. The van der Waals surface area contributed by atoms with Gasteiger partial charge in [-0.05, 0) is 6.07 Å². The number of hydrogen-bond donors (Lipinski definition) is 3. The summed E-state index contributed by atoms with van der Waals surface area (Å²) in [6, 6.07) is 0.992. The minimum absolute atomic E-state index is 0.143. The van der Waals surface area contributed by atoms with Gasteiger partial charge in [0.2, 0.25) is 11.8 Å². The highest BCUT2D eigenvalue weighted by Gasteiger charge is 2.15. The lowest BCUT2D eigenvalue weighted by Gasteiger charge is -2.09. The van der Waals surface area contributed by atoms with Crippen LogP contribution < -0.4 is 16.8 Å². The molecule has 1 heterocycles. The van der Waals surface area contributed by atoms with Crippen molar-refractivity contribution in [2.45, 2.75) is 18.9 Å². The van der Waals surface area contributed by atoms with Crippen molar-refractivity contribution in [3.8, 4) is 0 Å². The number of rotatable bonds is 6. The molecule has 5 N–H and O–H groups in total. The van der Waals surface area contributed by atoms with E-state index in [1.807, 2.05) is 19.3 Å². The normalized spacial score (nSPS) is 12.1. The lowest BCUT2D eigenvalue weighted by molar-refractivity contribution is -0.126. The van der Waals surface area contributed by atoms with Crippen LogP contribution in [0.4, 0.5) is 0 Å². The molecule has 94 valence electrons. The summed E-state index contributed by atoms with van der Waals surface area (Å²) in [5.74, 6) is -0.961. The van der Waals surface area contributed by atoms with Crippen LogP contribution in [0.2, 0.25) is 0 Å². The molecule has 0 bridgehead atoms. The number of carbonyl (C=O) groups excluding carboxylic acids is 2. The molecule has 17 heavy (non-hydrogen) atoms. The molecule has 0 aliphatic rings. The maximum absolute atomic E-state index is 11.4. The Balaban J connectivity index is 2.26. The van der Waals surface area contributed by atoms with E-state index in [0.717, 1.165) is 5.69 Å². The highest BCUT2D eigenvalue weighted by Crippen LogP contribution is 1.94. The van der Waals surface area contributed by atoms with Crippen LogP contribution >= 0.6 is 0 Å². The van der Waals surface area contributed by atoms with Gasteiger partial charge in [-0.1, -0.05) is 0 Å². The second-order valence-electron chi connectivity index (χ2n) is 3.80. The molecule has 2 amide bonds. The number of nitrogens with two attached hydrogens (primary N) is 2. The average Bonchev–Trinajstić information content (AvgIpc) is 2.63. The van der Waals surface area contributed by atoms with E-state index in [4.69, 9.17) is 11.5 Å². The Morgan fingerprint density at radius 1 is 1.59 bits per heavy atom. The molecule has 0 aliphatic heterocycles. The quantitative estimate of drug-likeness (QED) is 0.547. The zero-order valence-electron chi connectivity index (χ0n) is 9.72. The third kappa shape index (κ3) is 4.64. The summed E-state index contributed by atoms with van der Waals surface area (Å²) in [5.41, 5.74) is 11.3. The molecule has 1 atom stereocenters. The third-order valence-corrected chi connectivity index (χ3v) is 2.21. The molecule has 7 heteroatoms. The Hall–Kier alpha value is -1.89. The Morgan fingerprint density at radius 2 is 2.29 bits per heavy atom. The van der Waals surface area contributed by atoms with Gasteiger partial charge >= 0.3 is 0 Å². The van der Waals surface area contributed by atoms with Crippen LogP contribution in [0.25, 0.3) is 0 Å². The van der Waals surface area contributed by atoms with Crippen LogP contribution in [-0.2, 0) is 23.1 Å². The summed E-state index contributed by atoms with van der Waals surface area (Å²) < 4.78 is 1.69. The van der Waals surface area contributed by atoms with Gasteiger partial charge in [-0.25, -0.2) is 0 Å². The highest BCUT2D eigenvalue weighted by atomic mass is 16.2. The second-order valence-corrected chi connectivity index (χ2v) is 3.80. The minimum Gasteiger partial charge on any atom is -0.370 e. The Kier molecular flexibility index (Phi) is 4.65. The van der Waals surface area contributed by atoms with E-state index in [-0.39, 0.29) is 12.3 Å². The van der Waals surface area contributed by atoms with Crippen molar-refractivity contribution < 1.29 is 9.59 Å². The first kappa shape index (κ1) is 13.2. The van der Waals surface area contributed by atoms with Crippen LogP contribution in [0.3, 0.4) is 0 Å². The summed E-state index contributed by atoms with van der Waals surface area (Å²) in [7, 11) is 1.82. The van der Waals surface area contributed by atoms with E-state index >= 15 is 0 Å².